The minimum absolute atomic E-state index is 0.166. The monoisotopic (exact) mass is 341 g/mol. The average Bonchev–Trinajstić information content (AvgIpc) is 3.44. The lowest BCUT2D eigenvalue weighted by Gasteiger charge is -2.31. The largest absolute Gasteiger partial charge is 0.493 e. The van der Waals surface area contributed by atoms with Crippen LogP contribution in [0.3, 0.4) is 0 Å². The van der Waals surface area contributed by atoms with E-state index >= 15 is 0 Å². The summed E-state index contributed by atoms with van der Waals surface area (Å²) in [5.41, 5.74) is 2.07. The standard InChI is InChI=1S/C19H19NO5/c1-24-17-6-11-5-14(10-3-4-10)20-9-13(19(22)23)16(21)8-15(20)12(11)7-18(17)25-2/h6-10,14H,3-5H2,1-2H3,(H,22,23). The van der Waals surface area contributed by atoms with Crippen molar-refractivity contribution >= 4 is 5.97 Å². The van der Waals surface area contributed by atoms with Crippen molar-refractivity contribution < 1.29 is 19.4 Å². The van der Waals surface area contributed by atoms with Crippen LogP contribution >= 0.6 is 0 Å². The lowest BCUT2D eigenvalue weighted by molar-refractivity contribution is 0.0694. The highest BCUT2D eigenvalue weighted by atomic mass is 16.5. The minimum Gasteiger partial charge on any atom is -0.493 e. The summed E-state index contributed by atoms with van der Waals surface area (Å²) in [6.45, 7) is 0. The van der Waals surface area contributed by atoms with Crippen molar-refractivity contribution in [3.63, 3.8) is 0 Å². The van der Waals surface area contributed by atoms with Gasteiger partial charge in [-0.1, -0.05) is 0 Å². The van der Waals surface area contributed by atoms with E-state index < -0.39 is 11.4 Å². The molecule has 6 nitrogen and oxygen atoms in total. The Bertz CT molecular complexity index is 926. The fourth-order valence-corrected chi connectivity index (χ4v) is 3.73. The first-order valence-electron chi connectivity index (χ1n) is 8.28. The van der Waals surface area contributed by atoms with Crippen LogP contribution in [0.4, 0.5) is 0 Å². The summed E-state index contributed by atoms with van der Waals surface area (Å²) in [5.74, 6) is 0.582. The summed E-state index contributed by atoms with van der Waals surface area (Å²) in [5, 5.41) is 9.30. The van der Waals surface area contributed by atoms with E-state index in [-0.39, 0.29) is 11.6 Å². The molecule has 1 saturated carbocycles. The second kappa shape index (κ2) is 5.65. The number of aromatic carboxylic acids is 1. The zero-order chi connectivity index (χ0) is 17.7. The van der Waals surface area contributed by atoms with Crippen LogP contribution in [0.25, 0.3) is 11.3 Å². The predicted octanol–water partition coefficient (Wildman–Crippen LogP) is 2.74. The Morgan fingerprint density at radius 3 is 2.44 bits per heavy atom. The molecular formula is C19H19NO5. The van der Waals surface area contributed by atoms with E-state index in [1.807, 2.05) is 16.7 Å². The Kier molecular flexibility index (Phi) is 3.56. The Balaban J connectivity index is 1.97. The number of hydrogen-bond acceptors (Lipinski definition) is 4. The van der Waals surface area contributed by atoms with Crippen LogP contribution in [0.5, 0.6) is 11.5 Å². The number of nitrogens with zero attached hydrogens (tertiary/aromatic N) is 1. The molecule has 0 spiro atoms. The molecule has 1 atom stereocenters. The molecule has 1 fully saturated rings. The van der Waals surface area contributed by atoms with Gasteiger partial charge in [0.05, 0.1) is 19.9 Å². The van der Waals surface area contributed by atoms with Gasteiger partial charge in [-0.15, -0.1) is 0 Å². The number of fused-ring (bicyclic) bond motifs is 3. The van der Waals surface area contributed by atoms with Crippen molar-refractivity contribution in [1.82, 2.24) is 4.57 Å². The molecule has 25 heavy (non-hydrogen) atoms. The molecular weight excluding hydrogens is 322 g/mol. The molecule has 2 heterocycles. The van der Waals surface area contributed by atoms with Crippen LogP contribution < -0.4 is 14.9 Å². The zero-order valence-corrected chi connectivity index (χ0v) is 14.1. The molecule has 6 heteroatoms. The van der Waals surface area contributed by atoms with Crippen molar-refractivity contribution in [2.45, 2.75) is 25.3 Å². The van der Waals surface area contributed by atoms with Gasteiger partial charge in [-0.25, -0.2) is 4.79 Å². The lowest BCUT2D eigenvalue weighted by atomic mass is 9.89. The van der Waals surface area contributed by atoms with Crippen molar-refractivity contribution in [1.29, 1.82) is 0 Å². The summed E-state index contributed by atoms with van der Waals surface area (Å²) < 4.78 is 12.8. The van der Waals surface area contributed by atoms with Gasteiger partial charge in [-0.3, -0.25) is 4.79 Å². The van der Waals surface area contributed by atoms with Crippen LogP contribution in [-0.4, -0.2) is 29.9 Å². The molecule has 0 bridgehead atoms. The van der Waals surface area contributed by atoms with Gasteiger partial charge in [0.2, 0.25) is 0 Å². The third-order valence-corrected chi connectivity index (χ3v) is 5.15. The fraction of sp³-hybridized carbons (Fsp3) is 0.368. The van der Waals surface area contributed by atoms with Crippen LogP contribution in [0.1, 0.15) is 34.8 Å². The number of methoxy groups -OCH3 is 2. The van der Waals surface area contributed by atoms with Gasteiger partial charge in [-0.2, -0.15) is 0 Å². The van der Waals surface area contributed by atoms with E-state index in [1.165, 1.54) is 12.3 Å². The molecule has 1 aromatic carbocycles. The summed E-state index contributed by atoms with van der Waals surface area (Å²) in [6.07, 6.45) is 4.54. The maximum absolute atomic E-state index is 12.3. The van der Waals surface area contributed by atoms with E-state index in [0.717, 1.165) is 36.1 Å². The molecule has 1 aliphatic heterocycles. The number of carboxylic acids is 1. The number of carboxylic acid groups (broad SMARTS) is 1. The number of aromatic nitrogens is 1. The van der Waals surface area contributed by atoms with Crippen LogP contribution in [0.2, 0.25) is 0 Å². The van der Waals surface area contributed by atoms with Crippen molar-refractivity contribution in [3.8, 4) is 22.8 Å². The first kappa shape index (κ1) is 15.7. The number of ether oxygens (including phenoxy) is 2. The Morgan fingerprint density at radius 1 is 1.16 bits per heavy atom. The van der Waals surface area contributed by atoms with Crippen LogP contribution in [-0.2, 0) is 6.42 Å². The average molecular weight is 341 g/mol. The van der Waals surface area contributed by atoms with Gasteiger partial charge >= 0.3 is 5.97 Å². The van der Waals surface area contributed by atoms with E-state index in [1.54, 1.807) is 14.2 Å². The molecule has 4 rings (SSSR count). The highest BCUT2D eigenvalue weighted by Crippen LogP contribution is 2.48. The van der Waals surface area contributed by atoms with Gasteiger partial charge in [-0.05, 0) is 42.9 Å². The first-order chi connectivity index (χ1) is 12.0. The molecule has 2 aromatic rings. The molecule has 1 aliphatic carbocycles. The smallest absolute Gasteiger partial charge is 0.341 e. The second-order valence-electron chi connectivity index (χ2n) is 6.62. The predicted molar refractivity (Wildman–Crippen MR) is 91.7 cm³/mol. The molecule has 0 amide bonds. The maximum Gasteiger partial charge on any atom is 0.341 e. The molecule has 2 aliphatic rings. The Morgan fingerprint density at radius 2 is 1.84 bits per heavy atom. The van der Waals surface area contributed by atoms with E-state index in [4.69, 9.17) is 9.47 Å². The quantitative estimate of drug-likeness (QED) is 0.925. The van der Waals surface area contributed by atoms with Crippen molar-refractivity contribution in [2.75, 3.05) is 14.2 Å². The first-order valence-corrected chi connectivity index (χ1v) is 8.28. The van der Waals surface area contributed by atoms with Crippen LogP contribution in [0, 0.1) is 5.92 Å². The molecule has 130 valence electrons. The van der Waals surface area contributed by atoms with E-state index in [2.05, 4.69) is 0 Å². The van der Waals surface area contributed by atoms with Crippen molar-refractivity contribution in [3.05, 3.63) is 45.7 Å². The highest BCUT2D eigenvalue weighted by molar-refractivity contribution is 5.88. The highest BCUT2D eigenvalue weighted by Gasteiger charge is 2.37. The van der Waals surface area contributed by atoms with Gasteiger partial charge in [0.1, 0.15) is 5.56 Å². The topological polar surface area (TPSA) is 77.8 Å². The number of carbonyl (C=O) groups is 1. The number of pyridine rings is 1. The SMILES string of the molecule is COc1cc2c(cc1OC)-c1cc(=O)c(C(=O)O)cn1C(C1CC1)C2. The Hall–Kier alpha value is -2.76. The molecule has 1 N–H and O–H groups in total. The third-order valence-electron chi connectivity index (χ3n) is 5.15. The van der Waals surface area contributed by atoms with Gasteiger partial charge < -0.3 is 19.1 Å². The fourth-order valence-electron chi connectivity index (χ4n) is 3.73. The molecule has 0 saturated heterocycles. The summed E-state index contributed by atoms with van der Waals surface area (Å²) in [7, 11) is 3.17. The van der Waals surface area contributed by atoms with E-state index in [9.17, 15) is 14.7 Å². The lowest BCUT2D eigenvalue weighted by Crippen LogP contribution is -2.26. The molecule has 1 unspecified atom stereocenters. The third kappa shape index (κ3) is 2.49. The van der Waals surface area contributed by atoms with Gasteiger partial charge in [0.25, 0.3) is 0 Å². The minimum atomic E-state index is -1.19. The number of hydrogen-bond donors (Lipinski definition) is 1. The summed E-state index contributed by atoms with van der Waals surface area (Å²) >= 11 is 0. The Labute approximate surface area is 144 Å². The number of benzene rings is 1. The maximum atomic E-state index is 12.3. The van der Waals surface area contributed by atoms with E-state index in [0.29, 0.717) is 17.4 Å². The molecule has 0 radical (unpaired) electrons. The summed E-state index contributed by atoms with van der Waals surface area (Å²) in [4.78, 5) is 23.6. The van der Waals surface area contributed by atoms with Gasteiger partial charge in [0.15, 0.2) is 16.9 Å². The van der Waals surface area contributed by atoms with Crippen molar-refractivity contribution in [2.24, 2.45) is 5.92 Å². The number of rotatable bonds is 4. The van der Waals surface area contributed by atoms with Crippen LogP contribution in [0.15, 0.2) is 29.2 Å². The summed E-state index contributed by atoms with van der Waals surface area (Å²) in [6, 6.07) is 5.42. The second-order valence-corrected chi connectivity index (χ2v) is 6.62. The molecule has 1 aromatic heterocycles. The zero-order valence-electron chi connectivity index (χ0n) is 14.1. The van der Waals surface area contributed by atoms with Gasteiger partial charge in [0, 0.05) is 23.9 Å². The normalized spacial score (nSPS) is 18.2.